The van der Waals surface area contributed by atoms with E-state index in [2.05, 4.69) is 5.32 Å². The van der Waals surface area contributed by atoms with Crippen molar-refractivity contribution in [2.45, 2.75) is 20.8 Å². The molecule has 1 N–H and O–H groups in total. The van der Waals surface area contributed by atoms with Crippen molar-refractivity contribution >= 4 is 17.5 Å². The highest BCUT2D eigenvalue weighted by Crippen LogP contribution is 2.15. The molecule has 23 heavy (non-hydrogen) atoms. The van der Waals surface area contributed by atoms with Gasteiger partial charge in [0.05, 0.1) is 6.54 Å². The molecule has 0 unspecified atom stereocenters. The van der Waals surface area contributed by atoms with E-state index in [4.69, 9.17) is 0 Å². The van der Waals surface area contributed by atoms with Gasteiger partial charge in [0.1, 0.15) is 0 Å². The minimum Gasteiger partial charge on any atom is -0.343 e. The van der Waals surface area contributed by atoms with Crippen LogP contribution in [-0.4, -0.2) is 24.9 Å². The molecule has 0 heterocycles. The Morgan fingerprint density at radius 1 is 1.00 bits per heavy atom. The molecule has 0 aromatic heterocycles. The topological polar surface area (TPSA) is 49.4 Å². The fourth-order valence-electron chi connectivity index (χ4n) is 2.44. The van der Waals surface area contributed by atoms with Crippen molar-refractivity contribution in [1.82, 2.24) is 5.32 Å². The van der Waals surface area contributed by atoms with Gasteiger partial charge in [0.2, 0.25) is 5.91 Å². The van der Waals surface area contributed by atoms with Gasteiger partial charge in [-0.25, -0.2) is 0 Å². The van der Waals surface area contributed by atoms with E-state index in [1.165, 1.54) is 0 Å². The number of carbonyl (C=O) groups excluding carboxylic acids is 2. The number of nitrogens with one attached hydrogen (secondary N) is 1. The van der Waals surface area contributed by atoms with Gasteiger partial charge in [0.25, 0.3) is 5.91 Å². The Balaban J connectivity index is 2.01. The molecule has 2 aromatic carbocycles. The molecule has 2 rings (SSSR count). The van der Waals surface area contributed by atoms with Crippen molar-refractivity contribution < 1.29 is 9.59 Å². The summed E-state index contributed by atoms with van der Waals surface area (Å²) in [6.45, 7) is 6.37. The average molecular weight is 310 g/mol. The van der Waals surface area contributed by atoms with E-state index in [-0.39, 0.29) is 18.4 Å². The predicted octanol–water partition coefficient (Wildman–Crippen LogP) is 3.09. The number of hydrogen-bond donors (Lipinski definition) is 1. The van der Waals surface area contributed by atoms with Gasteiger partial charge in [0.15, 0.2) is 0 Å². The Morgan fingerprint density at radius 3 is 2.26 bits per heavy atom. The van der Waals surface area contributed by atoms with E-state index >= 15 is 0 Å². The van der Waals surface area contributed by atoms with Crippen LogP contribution in [0.15, 0.2) is 48.5 Å². The van der Waals surface area contributed by atoms with Gasteiger partial charge < -0.3 is 10.2 Å². The van der Waals surface area contributed by atoms with Crippen LogP contribution in [0.5, 0.6) is 0 Å². The van der Waals surface area contributed by atoms with Crippen LogP contribution in [0.4, 0.5) is 5.69 Å². The molecule has 0 atom stereocenters. The number of nitrogens with zero attached hydrogens (tertiary/aromatic N) is 1. The Morgan fingerprint density at radius 2 is 1.65 bits per heavy atom. The summed E-state index contributed by atoms with van der Waals surface area (Å²) in [5.41, 5.74) is 3.52. The zero-order chi connectivity index (χ0) is 16.8. The maximum atomic E-state index is 12.4. The van der Waals surface area contributed by atoms with Crippen LogP contribution in [0, 0.1) is 13.8 Å². The first-order valence-corrected chi connectivity index (χ1v) is 7.73. The van der Waals surface area contributed by atoms with Gasteiger partial charge in [-0.3, -0.25) is 9.59 Å². The molecule has 0 saturated carbocycles. The predicted molar refractivity (Wildman–Crippen MR) is 92.7 cm³/mol. The standard InChI is InChI=1S/C19H22N2O2/c1-4-21(17-10-6-8-15(3)12-17)18(22)13-20-19(23)16-9-5-7-14(2)11-16/h5-12H,4,13H2,1-3H3,(H,20,23). The fourth-order valence-corrected chi connectivity index (χ4v) is 2.44. The molecule has 0 spiro atoms. The highest BCUT2D eigenvalue weighted by atomic mass is 16.2. The summed E-state index contributed by atoms with van der Waals surface area (Å²) in [5, 5.41) is 2.69. The Kier molecular flexibility index (Phi) is 5.52. The molecule has 4 heteroatoms. The lowest BCUT2D eigenvalue weighted by Gasteiger charge is -2.21. The van der Waals surface area contributed by atoms with E-state index in [0.717, 1.165) is 16.8 Å². The molecule has 2 amide bonds. The smallest absolute Gasteiger partial charge is 0.251 e. The van der Waals surface area contributed by atoms with Crippen molar-refractivity contribution in [2.24, 2.45) is 0 Å². The number of benzene rings is 2. The lowest BCUT2D eigenvalue weighted by Crippen LogP contribution is -2.40. The number of amides is 2. The SMILES string of the molecule is CCN(C(=O)CNC(=O)c1cccc(C)c1)c1cccc(C)c1. The quantitative estimate of drug-likeness (QED) is 0.922. The second-order valence-corrected chi connectivity index (χ2v) is 5.53. The molecule has 4 nitrogen and oxygen atoms in total. The van der Waals surface area contributed by atoms with Crippen molar-refractivity contribution in [3.63, 3.8) is 0 Å². The second-order valence-electron chi connectivity index (χ2n) is 5.53. The minimum atomic E-state index is -0.234. The largest absolute Gasteiger partial charge is 0.343 e. The van der Waals surface area contributed by atoms with Crippen molar-refractivity contribution in [2.75, 3.05) is 18.0 Å². The van der Waals surface area contributed by atoms with Crippen LogP contribution < -0.4 is 10.2 Å². The summed E-state index contributed by atoms with van der Waals surface area (Å²) in [4.78, 5) is 26.2. The summed E-state index contributed by atoms with van der Waals surface area (Å²) in [7, 11) is 0. The summed E-state index contributed by atoms with van der Waals surface area (Å²) in [5.74, 6) is -0.360. The van der Waals surface area contributed by atoms with Crippen LogP contribution in [0.3, 0.4) is 0 Å². The average Bonchev–Trinajstić information content (AvgIpc) is 2.53. The van der Waals surface area contributed by atoms with E-state index in [1.807, 2.05) is 57.2 Å². The third kappa shape index (κ3) is 4.42. The van der Waals surface area contributed by atoms with Gasteiger partial charge in [-0.05, 0) is 50.6 Å². The number of hydrogen-bond acceptors (Lipinski definition) is 2. The van der Waals surface area contributed by atoms with Crippen molar-refractivity contribution in [3.05, 3.63) is 65.2 Å². The number of aryl methyl sites for hydroxylation is 2. The van der Waals surface area contributed by atoms with Gasteiger partial charge in [-0.15, -0.1) is 0 Å². The number of carbonyl (C=O) groups is 2. The monoisotopic (exact) mass is 310 g/mol. The number of anilines is 1. The Hall–Kier alpha value is -2.62. The number of rotatable bonds is 5. The molecular formula is C19H22N2O2. The van der Waals surface area contributed by atoms with Crippen molar-refractivity contribution in [1.29, 1.82) is 0 Å². The van der Waals surface area contributed by atoms with Gasteiger partial charge in [-0.1, -0.05) is 29.8 Å². The fraction of sp³-hybridized carbons (Fsp3) is 0.263. The van der Waals surface area contributed by atoms with E-state index < -0.39 is 0 Å². The molecule has 0 aliphatic rings. The van der Waals surface area contributed by atoms with E-state index in [1.54, 1.807) is 17.0 Å². The zero-order valence-electron chi connectivity index (χ0n) is 13.8. The molecule has 2 aromatic rings. The van der Waals surface area contributed by atoms with Crippen LogP contribution in [0.2, 0.25) is 0 Å². The van der Waals surface area contributed by atoms with Crippen LogP contribution in [0.25, 0.3) is 0 Å². The lowest BCUT2D eigenvalue weighted by molar-refractivity contribution is -0.117. The van der Waals surface area contributed by atoms with Gasteiger partial charge in [0, 0.05) is 17.8 Å². The van der Waals surface area contributed by atoms with E-state index in [9.17, 15) is 9.59 Å². The first-order chi connectivity index (χ1) is 11.0. The summed E-state index contributed by atoms with van der Waals surface area (Å²) in [6.07, 6.45) is 0. The lowest BCUT2D eigenvalue weighted by atomic mass is 10.1. The van der Waals surface area contributed by atoms with Crippen LogP contribution in [0.1, 0.15) is 28.4 Å². The zero-order valence-corrected chi connectivity index (χ0v) is 13.8. The molecule has 0 radical (unpaired) electrons. The first kappa shape index (κ1) is 16.7. The molecular weight excluding hydrogens is 288 g/mol. The summed E-state index contributed by atoms with van der Waals surface area (Å²) >= 11 is 0. The first-order valence-electron chi connectivity index (χ1n) is 7.73. The molecule has 120 valence electrons. The summed E-state index contributed by atoms with van der Waals surface area (Å²) in [6, 6.07) is 15.1. The normalized spacial score (nSPS) is 10.2. The minimum absolute atomic E-state index is 0.0193. The third-order valence-electron chi connectivity index (χ3n) is 3.61. The molecule has 0 aliphatic heterocycles. The van der Waals surface area contributed by atoms with Crippen LogP contribution in [-0.2, 0) is 4.79 Å². The van der Waals surface area contributed by atoms with E-state index in [0.29, 0.717) is 12.1 Å². The molecule has 0 aliphatic carbocycles. The Bertz CT molecular complexity index is 710. The van der Waals surface area contributed by atoms with Gasteiger partial charge in [-0.2, -0.15) is 0 Å². The maximum Gasteiger partial charge on any atom is 0.251 e. The highest BCUT2D eigenvalue weighted by Gasteiger charge is 2.15. The molecule has 0 fully saturated rings. The Labute approximate surface area is 137 Å². The van der Waals surface area contributed by atoms with Crippen molar-refractivity contribution in [3.8, 4) is 0 Å². The molecule has 0 bridgehead atoms. The summed E-state index contributed by atoms with van der Waals surface area (Å²) < 4.78 is 0. The maximum absolute atomic E-state index is 12.4. The van der Waals surface area contributed by atoms with Gasteiger partial charge >= 0.3 is 0 Å². The molecule has 0 saturated heterocycles. The number of likely N-dealkylation sites (N-methyl/N-ethyl adjacent to an activating group) is 1. The second kappa shape index (κ2) is 7.58. The highest BCUT2D eigenvalue weighted by molar-refractivity contribution is 6.00. The van der Waals surface area contributed by atoms with Crippen LogP contribution >= 0.6 is 0 Å². The third-order valence-corrected chi connectivity index (χ3v) is 3.61.